The van der Waals surface area contributed by atoms with Crippen molar-refractivity contribution in [1.29, 1.82) is 0 Å². The lowest BCUT2D eigenvalue weighted by molar-refractivity contribution is -0.128. The number of amides is 4. The molecule has 4 amide bonds. The second kappa shape index (κ2) is 22.2. The average Bonchev–Trinajstić information content (AvgIpc) is 3.30. The van der Waals surface area contributed by atoms with Gasteiger partial charge in [0.05, 0.1) is 11.2 Å². The lowest BCUT2D eigenvalue weighted by Crippen LogP contribution is -2.53. The molecule has 0 unspecified atom stereocenters. The SMILES string of the molecule is CCCCC[C@H](NC(=O)[C@H](Cc1ccccc1)NC(=O)OCc1ccccc1)C(=O)Nc1ccc(COC(=O)N2CCN(c3cc4c(cc3F)c(=O)c(C(=O)O)cn4CC)CC2)cc1. The van der Waals surface area contributed by atoms with Crippen LogP contribution in [0, 0.1) is 5.82 Å². The third-order valence-electron chi connectivity index (χ3n) is 11.0. The van der Waals surface area contributed by atoms with E-state index in [9.17, 15) is 33.9 Å². The normalized spacial score (nSPS) is 13.4. The Balaban J connectivity index is 1.02. The zero-order valence-electron chi connectivity index (χ0n) is 35.9. The van der Waals surface area contributed by atoms with E-state index in [2.05, 4.69) is 16.0 Å². The van der Waals surface area contributed by atoms with E-state index in [0.29, 0.717) is 49.2 Å². The van der Waals surface area contributed by atoms with Gasteiger partial charge >= 0.3 is 18.2 Å². The number of pyridine rings is 1. The summed E-state index contributed by atoms with van der Waals surface area (Å²) in [7, 11) is 0. The van der Waals surface area contributed by atoms with E-state index in [1.54, 1.807) is 46.7 Å². The number of hydrogen-bond donors (Lipinski definition) is 4. The first kappa shape index (κ1) is 46.3. The molecule has 15 nitrogen and oxygen atoms in total. The van der Waals surface area contributed by atoms with Crippen molar-refractivity contribution in [2.24, 2.45) is 0 Å². The fourth-order valence-electron chi connectivity index (χ4n) is 7.44. The molecule has 16 heteroatoms. The van der Waals surface area contributed by atoms with Gasteiger partial charge in [-0.3, -0.25) is 14.4 Å². The van der Waals surface area contributed by atoms with Crippen LogP contribution >= 0.6 is 0 Å². The number of carboxylic acids is 1. The molecular weight excluding hydrogens is 824 g/mol. The molecule has 6 rings (SSSR count). The Morgan fingerprint density at radius 3 is 2.03 bits per heavy atom. The molecular formula is C48H53FN6O9. The minimum Gasteiger partial charge on any atom is -0.477 e. The Kier molecular flexibility index (Phi) is 16.1. The van der Waals surface area contributed by atoms with Crippen LogP contribution in [0.3, 0.4) is 0 Å². The van der Waals surface area contributed by atoms with E-state index < -0.39 is 58.9 Å². The number of unbranched alkanes of at least 4 members (excludes halogenated alkanes) is 2. The van der Waals surface area contributed by atoms with Gasteiger partial charge in [0.15, 0.2) is 0 Å². The van der Waals surface area contributed by atoms with Crippen LogP contribution in [0.4, 0.5) is 25.4 Å². The predicted octanol–water partition coefficient (Wildman–Crippen LogP) is 6.86. The van der Waals surface area contributed by atoms with Crippen LogP contribution in [0.25, 0.3) is 10.9 Å². The molecule has 0 bridgehead atoms. The number of rotatable bonds is 18. The van der Waals surface area contributed by atoms with E-state index in [-0.39, 0.29) is 43.8 Å². The number of benzene rings is 4. The lowest BCUT2D eigenvalue weighted by atomic mass is 10.0. The number of hydrogen-bond acceptors (Lipinski definition) is 9. The quantitative estimate of drug-likeness (QED) is 0.0678. The highest BCUT2D eigenvalue weighted by Crippen LogP contribution is 2.27. The number of carboxylic acid groups (broad SMARTS) is 1. The zero-order chi connectivity index (χ0) is 45.6. The molecule has 1 aromatic heterocycles. The van der Waals surface area contributed by atoms with Gasteiger partial charge in [0.1, 0.15) is 36.7 Å². The number of aromatic carboxylic acids is 1. The molecule has 1 aliphatic heterocycles. The number of nitrogens with zero attached hydrogens (tertiary/aromatic N) is 3. The van der Waals surface area contributed by atoms with Crippen molar-refractivity contribution in [2.75, 3.05) is 36.4 Å². The van der Waals surface area contributed by atoms with Gasteiger partial charge in [-0.05, 0) is 54.3 Å². The average molecular weight is 877 g/mol. The van der Waals surface area contributed by atoms with Crippen LogP contribution in [-0.2, 0) is 45.2 Å². The van der Waals surface area contributed by atoms with Gasteiger partial charge in [-0.15, -0.1) is 0 Å². The standard InChI is InChI=1S/C48H53FN6O9/c1-3-5-8-17-39(51-45(58)40(26-32-13-9-6-10-14-32)52-47(61)63-30-33-15-11-7-12-16-33)44(57)50-35-20-18-34(19-21-35)31-64-48(62)55-24-22-54(23-25-55)42-28-41-36(27-38(42)49)43(56)37(46(59)60)29-53(41)4-2/h6-7,9-16,18-21,27-29,39-40H,3-5,8,17,22-26,30-31H2,1-2H3,(H,50,57)(H,51,58)(H,52,61)(H,59,60)/t39-,40-/m0/s1. The summed E-state index contributed by atoms with van der Waals surface area (Å²) in [5, 5.41) is 17.9. The van der Waals surface area contributed by atoms with Gasteiger partial charge in [0.25, 0.3) is 0 Å². The van der Waals surface area contributed by atoms with E-state index >= 15 is 4.39 Å². The highest BCUT2D eigenvalue weighted by Gasteiger charge is 2.29. The molecule has 336 valence electrons. The summed E-state index contributed by atoms with van der Waals surface area (Å²) in [6.45, 7) is 5.26. The molecule has 0 radical (unpaired) electrons. The first-order valence-corrected chi connectivity index (χ1v) is 21.4. The minimum absolute atomic E-state index is 0.0195. The number of carbonyl (C=O) groups is 5. The van der Waals surface area contributed by atoms with Crippen LogP contribution in [0.2, 0.25) is 0 Å². The molecule has 4 aromatic carbocycles. The van der Waals surface area contributed by atoms with E-state index in [4.69, 9.17) is 9.47 Å². The van der Waals surface area contributed by atoms with E-state index in [1.165, 1.54) is 11.1 Å². The van der Waals surface area contributed by atoms with Crippen molar-refractivity contribution in [3.63, 3.8) is 0 Å². The maximum atomic E-state index is 15.4. The fourth-order valence-corrected chi connectivity index (χ4v) is 7.44. The summed E-state index contributed by atoms with van der Waals surface area (Å²) >= 11 is 0. The number of ether oxygens (including phenoxy) is 2. The predicted molar refractivity (Wildman–Crippen MR) is 240 cm³/mol. The Morgan fingerprint density at radius 1 is 0.750 bits per heavy atom. The lowest BCUT2D eigenvalue weighted by Gasteiger charge is -2.35. The fraction of sp³-hybridized carbons (Fsp3) is 0.333. The third kappa shape index (κ3) is 12.2. The van der Waals surface area contributed by atoms with Gasteiger partial charge in [0.2, 0.25) is 17.2 Å². The second-order valence-corrected chi connectivity index (χ2v) is 15.5. The van der Waals surface area contributed by atoms with Gasteiger partial charge in [-0.1, -0.05) is 99.0 Å². The summed E-state index contributed by atoms with van der Waals surface area (Å²) in [6, 6.07) is 25.9. The number of alkyl carbamates (subject to hydrolysis) is 1. The number of carbonyl (C=O) groups excluding carboxylic acids is 4. The van der Waals surface area contributed by atoms with Crippen LogP contribution in [-0.4, -0.2) is 82.8 Å². The summed E-state index contributed by atoms with van der Waals surface area (Å²) in [5.74, 6) is -3.00. The van der Waals surface area contributed by atoms with Crippen molar-refractivity contribution in [1.82, 2.24) is 20.1 Å². The molecule has 2 atom stereocenters. The monoisotopic (exact) mass is 876 g/mol. The summed E-state index contributed by atoms with van der Waals surface area (Å²) in [6.07, 6.45) is 2.94. The summed E-state index contributed by atoms with van der Waals surface area (Å²) in [4.78, 5) is 81.1. The van der Waals surface area contributed by atoms with E-state index in [1.807, 2.05) is 67.6 Å². The number of nitrogens with one attached hydrogen (secondary N) is 3. The Hall–Kier alpha value is -7.23. The van der Waals surface area contributed by atoms with Crippen LogP contribution in [0.1, 0.15) is 66.6 Å². The number of halogens is 1. The summed E-state index contributed by atoms with van der Waals surface area (Å²) in [5.41, 5.74) is 2.21. The molecule has 1 fully saturated rings. The molecule has 0 saturated carbocycles. The molecule has 1 saturated heterocycles. The molecule has 5 aromatic rings. The Bertz CT molecular complexity index is 2480. The smallest absolute Gasteiger partial charge is 0.410 e. The number of fused-ring (bicyclic) bond motifs is 1. The number of aromatic nitrogens is 1. The minimum atomic E-state index is -1.38. The van der Waals surface area contributed by atoms with Gasteiger partial charge in [0, 0.05) is 56.4 Å². The maximum Gasteiger partial charge on any atom is 0.410 e. The highest BCUT2D eigenvalue weighted by atomic mass is 19.1. The molecule has 64 heavy (non-hydrogen) atoms. The van der Waals surface area contributed by atoms with Crippen molar-refractivity contribution < 1.29 is 42.9 Å². The van der Waals surface area contributed by atoms with Crippen LogP contribution in [0.15, 0.2) is 108 Å². The van der Waals surface area contributed by atoms with Crippen molar-refractivity contribution in [3.05, 3.63) is 142 Å². The highest BCUT2D eigenvalue weighted by molar-refractivity contribution is 5.98. The van der Waals surface area contributed by atoms with Gasteiger partial charge in [-0.25, -0.2) is 18.8 Å². The first-order chi connectivity index (χ1) is 30.9. The number of piperazine rings is 1. The van der Waals surface area contributed by atoms with Crippen molar-refractivity contribution in [2.45, 2.75) is 77.8 Å². The zero-order valence-corrected chi connectivity index (χ0v) is 35.9. The van der Waals surface area contributed by atoms with E-state index in [0.717, 1.165) is 30.0 Å². The van der Waals surface area contributed by atoms with Crippen LogP contribution in [0.5, 0.6) is 0 Å². The molecule has 1 aliphatic rings. The molecule has 4 N–H and O–H groups in total. The Morgan fingerprint density at radius 2 is 1.39 bits per heavy atom. The first-order valence-electron chi connectivity index (χ1n) is 21.4. The largest absolute Gasteiger partial charge is 0.477 e. The number of aryl methyl sites for hydroxylation is 1. The molecule has 0 spiro atoms. The van der Waals surface area contributed by atoms with Crippen molar-refractivity contribution >= 4 is 52.2 Å². The summed E-state index contributed by atoms with van der Waals surface area (Å²) < 4.78 is 28.0. The molecule has 0 aliphatic carbocycles. The van der Waals surface area contributed by atoms with Gasteiger partial charge in [-0.2, -0.15) is 0 Å². The number of anilines is 2. The maximum absolute atomic E-state index is 15.4. The topological polar surface area (TPSA) is 189 Å². The molecule has 2 heterocycles. The van der Waals surface area contributed by atoms with Crippen LogP contribution < -0.4 is 26.3 Å². The van der Waals surface area contributed by atoms with Gasteiger partial charge < -0.3 is 44.9 Å². The third-order valence-corrected chi connectivity index (χ3v) is 11.0. The van der Waals surface area contributed by atoms with Crippen molar-refractivity contribution in [3.8, 4) is 0 Å². The second-order valence-electron chi connectivity index (χ2n) is 15.5. The Labute approximate surface area is 370 Å².